The van der Waals surface area contributed by atoms with E-state index < -0.39 is 15.9 Å². The van der Waals surface area contributed by atoms with E-state index in [-0.39, 0.29) is 10.6 Å². The van der Waals surface area contributed by atoms with Crippen LogP contribution >= 0.6 is 11.8 Å². The van der Waals surface area contributed by atoms with Gasteiger partial charge in [-0.3, -0.25) is 10.2 Å². The van der Waals surface area contributed by atoms with E-state index in [1.165, 1.54) is 17.8 Å². The molecule has 0 saturated heterocycles. The molecule has 0 radical (unpaired) electrons. The summed E-state index contributed by atoms with van der Waals surface area (Å²) >= 11 is 1.34. The second-order valence-corrected chi connectivity index (χ2v) is 8.22. The van der Waals surface area contributed by atoms with Gasteiger partial charge in [-0.05, 0) is 44.5 Å². The summed E-state index contributed by atoms with van der Waals surface area (Å²) in [6.45, 7) is 5.60. The number of hydrazine groups is 1. The van der Waals surface area contributed by atoms with Crippen molar-refractivity contribution in [1.82, 2.24) is 10.3 Å². The van der Waals surface area contributed by atoms with Crippen molar-refractivity contribution in [3.8, 4) is 0 Å². The molecule has 0 aliphatic rings. The maximum absolute atomic E-state index is 12.2. The second-order valence-electron chi connectivity index (χ2n) is 5.52. The van der Waals surface area contributed by atoms with Crippen LogP contribution in [-0.4, -0.2) is 20.1 Å². The molecule has 0 spiro atoms. The molecule has 2 N–H and O–H groups in total. The lowest BCUT2D eigenvalue weighted by Gasteiger charge is -2.11. The van der Waals surface area contributed by atoms with Crippen molar-refractivity contribution in [2.24, 2.45) is 0 Å². The van der Waals surface area contributed by atoms with Crippen LogP contribution in [0.25, 0.3) is 0 Å². The molecule has 0 heterocycles. The third-order valence-electron chi connectivity index (χ3n) is 3.34. The Morgan fingerprint density at radius 2 is 1.62 bits per heavy atom. The Morgan fingerprint density at radius 1 is 1.00 bits per heavy atom. The van der Waals surface area contributed by atoms with Crippen LogP contribution < -0.4 is 10.3 Å². The fourth-order valence-electron chi connectivity index (χ4n) is 2.10. The van der Waals surface area contributed by atoms with Gasteiger partial charge < -0.3 is 0 Å². The Kier molecular flexibility index (Phi) is 6.04. The fourth-order valence-corrected chi connectivity index (χ4v) is 3.89. The molecule has 0 atom stereocenters. The maximum Gasteiger partial charge on any atom is 0.257 e. The topological polar surface area (TPSA) is 75.3 Å². The molecule has 7 heteroatoms. The Morgan fingerprint density at radius 3 is 2.25 bits per heavy atom. The molecule has 5 nitrogen and oxygen atoms in total. The van der Waals surface area contributed by atoms with Crippen LogP contribution in [0.5, 0.6) is 0 Å². The standard InChI is InChI=1S/C17H20N2O3S2/c1-12-4-7-15(8-5-12)23-11-17(20)18-19-24(21,22)16-9-6-13(2)10-14(16)3/h4-10,19H,11H2,1-3H3,(H,18,20). The second kappa shape index (κ2) is 7.83. The molecule has 0 saturated carbocycles. The van der Waals surface area contributed by atoms with Crippen LogP contribution in [0, 0.1) is 20.8 Å². The molecule has 0 fully saturated rings. The van der Waals surface area contributed by atoms with E-state index in [0.29, 0.717) is 5.56 Å². The van der Waals surface area contributed by atoms with Crippen LogP contribution in [0.4, 0.5) is 0 Å². The van der Waals surface area contributed by atoms with Crippen molar-refractivity contribution in [2.75, 3.05) is 5.75 Å². The maximum atomic E-state index is 12.2. The highest BCUT2D eigenvalue weighted by molar-refractivity contribution is 8.00. The summed E-state index contributed by atoms with van der Waals surface area (Å²) in [6, 6.07) is 12.8. The van der Waals surface area contributed by atoms with Crippen LogP contribution in [0.2, 0.25) is 0 Å². The predicted octanol–water partition coefficient (Wildman–Crippen LogP) is 2.71. The van der Waals surface area contributed by atoms with Gasteiger partial charge >= 0.3 is 0 Å². The fraction of sp³-hybridized carbons (Fsp3) is 0.235. The van der Waals surface area contributed by atoms with Crippen molar-refractivity contribution >= 4 is 27.7 Å². The molecule has 128 valence electrons. The third kappa shape index (κ3) is 5.09. The number of thioether (sulfide) groups is 1. The SMILES string of the molecule is Cc1ccc(SCC(=O)NNS(=O)(=O)c2ccc(C)cc2C)cc1. The number of rotatable bonds is 6. The lowest BCUT2D eigenvalue weighted by molar-refractivity contribution is -0.119. The van der Waals surface area contributed by atoms with Crippen LogP contribution in [0.1, 0.15) is 16.7 Å². The van der Waals surface area contributed by atoms with Crippen molar-refractivity contribution in [2.45, 2.75) is 30.6 Å². The summed E-state index contributed by atoms with van der Waals surface area (Å²) in [5.74, 6) is -0.285. The van der Waals surface area contributed by atoms with Gasteiger partial charge in [0.25, 0.3) is 10.0 Å². The molecular formula is C17H20N2O3S2. The number of nitrogens with one attached hydrogen (secondary N) is 2. The van der Waals surface area contributed by atoms with Crippen molar-refractivity contribution in [1.29, 1.82) is 0 Å². The molecule has 24 heavy (non-hydrogen) atoms. The summed E-state index contributed by atoms with van der Waals surface area (Å²) in [6.07, 6.45) is 0. The number of carbonyl (C=O) groups excluding carboxylic acids is 1. The Labute approximate surface area is 146 Å². The molecule has 0 unspecified atom stereocenters. The zero-order valence-electron chi connectivity index (χ0n) is 13.8. The number of amides is 1. The molecule has 0 aliphatic heterocycles. The van der Waals surface area contributed by atoms with E-state index in [1.807, 2.05) is 38.1 Å². The molecular weight excluding hydrogens is 344 g/mol. The van der Waals surface area contributed by atoms with E-state index in [9.17, 15) is 13.2 Å². The van der Waals surface area contributed by atoms with Crippen LogP contribution in [-0.2, 0) is 14.8 Å². The van der Waals surface area contributed by atoms with E-state index >= 15 is 0 Å². The molecule has 0 aromatic heterocycles. The highest BCUT2D eigenvalue weighted by atomic mass is 32.2. The van der Waals surface area contributed by atoms with Gasteiger partial charge in [-0.25, -0.2) is 8.42 Å². The van der Waals surface area contributed by atoms with Crippen LogP contribution in [0.3, 0.4) is 0 Å². The number of hydrogen-bond acceptors (Lipinski definition) is 4. The average Bonchev–Trinajstić information content (AvgIpc) is 2.52. The summed E-state index contributed by atoms with van der Waals surface area (Å²) in [5.41, 5.74) is 5.00. The first-order chi connectivity index (χ1) is 11.3. The minimum atomic E-state index is -3.78. The van der Waals surface area contributed by atoms with E-state index in [4.69, 9.17) is 0 Å². The first-order valence-corrected chi connectivity index (χ1v) is 9.82. The number of benzene rings is 2. The van der Waals surface area contributed by atoms with Crippen molar-refractivity contribution < 1.29 is 13.2 Å². The van der Waals surface area contributed by atoms with Gasteiger partial charge in [-0.2, -0.15) is 0 Å². The van der Waals surface area contributed by atoms with E-state index in [0.717, 1.165) is 16.0 Å². The van der Waals surface area contributed by atoms with E-state index in [2.05, 4.69) is 10.3 Å². The average molecular weight is 364 g/mol. The van der Waals surface area contributed by atoms with Crippen molar-refractivity contribution in [3.05, 3.63) is 59.2 Å². The number of sulfonamides is 1. The Balaban J connectivity index is 1.91. The summed E-state index contributed by atoms with van der Waals surface area (Å²) in [5, 5.41) is 0. The van der Waals surface area contributed by atoms with Crippen molar-refractivity contribution in [3.63, 3.8) is 0 Å². The first-order valence-electron chi connectivity index (χ1n) is 7.35. The molecule has 1 amide bonds. The van der Waals surface area contributed by atoms with Crippen LogP contribution in [0.15, 0.2) is 52.3 Å². The predicted molar refractivity (Wildman–Crippen MR) is 96.3 cm³/mol. The van der Waals surface area contributed by atoms with Gasteiger partial charge in [0.05, 0.1) is 10.6 Å². The van der Waals surface area contributed by atoms with E-state index in [1.54, 1.807) is 19.1 Å². The summed E-state index contributed by atoms with van der Waals surface area (Å²) < 4.78 is 24.5. The highest BCUT2D eigenvalue weighted by Gasteiger charge is 2.17. The monoisotopic (exact) mass is 364 g/mol. The third-order valence-corrected chi connectivity index (χ3v) is 5.76. The summed E-state index contributed by atoms with van der Waals surface area (Å²) in [7, 11) is -3.78. The molecule has 0 bridgehead atoms. The minimum Gasteiger partial charge on any atom is -0.277 e. The zero-order valence-corrected chi connectivity index (χ0v) is 15.4. The zero-order chi connectivity index (χ0) is 17.7. The number of hydrogen-bond donors (Lipinski definition) is 2. The first kappa shape index (κ1) is 18.5. The lowest BCUT2D eigenvalue weighted by Crippen LogP contribution is -2.42. The van der Waals surface area contributed by atoms with Gasteiger partial charge in [-0.1, -0.05) is 35.4 Å². The molecule has 2 aromatic rings. The molecule has 2 aromatic carbocycles. The van der Waals surface area contributed by atoms with Gasteiger partial charge in [0, 0.05) is 4.90 Å². The smallest absolute Gasteiger partial charge is 0.257 e. The minimum absolute atomic E-state index is 0.123. The molecule has 2 rings (SSSR count). The van der Waals surface area contributed by atoms with Gasteiger partial charge in [-0.15, -0.1) is 16.6 Å². The largest absolute Gasteiger partial charge is 0.277 e. The quantitative estimate of drug-likeness (QED) is 0.610. The Hall–Kier alpha value is -1.83. The number of aryl methyl sites for hydroxylation is 3. The lowest BCUT2D eigenvalue weighted by atomic mass is 10.2. The summed E-state index contributed by atoms with van der Waals surface area (Å²) in [4.78, 5) is 15.1. The van der Waals surface area contributed by atoms with Gasteiger partial charge in [0.2, 0.25) is 5.91 Å². The van der Waals surface area contributed by atoms with Gasteiger partial charge in [0.15, 0.2) is 0 Å². The normalized spacial score (nSPS) is 11.3. The molecule has 0 aliphatic carbocycles. The Bertz CT molecular complexity index is 831. The number of carbonyl (C=O) groups is 1. The highest BCUT2D eigenvalue weighted by Crippen LogP contribution is 2.18. The van der Waals surface area contributed by atoms with Gasteiger partial charge in [0.1, 0.15) is 0 Å².